The van der Waals surface area contributed by atoms with Crippen LogP contribution in [0.3, 0.4) is 0 Å². The first-order chi connectivity index (χ1) is 14.8. The third kappa shape index (κ3) is 4.55. The van der Waals surface area contributed by atoms with Gasteiger partial charge in [0, 0.05) is 24.2 Å². The van der Waals surface area contributed by atoms with Gasteiger partial charge in [-0.1, -0.05) is 53.5 Å². The molecule has 9 heteroatoms. The Morgan fingerprint density at radius 3 is 2.42 bits per heavy atom. The number of halogens is 2. The van der Waals surface area contributed by atoms with E-state index in [1.165, 1.54) is 10.4 Å². The Balaban J connectivity index is 1.47. The smallest absolute Gasteiger partial charge is 0.410 e. The number of carbonyl (C=O) groups excluding carboxylic acids is 1. The second kappa shape index (κ2) is 8.98. The zero-order valence-electron chi connectivity index (χ0n) is 17.1. The van der Waals surface area contributed by atoms with Gasteiger partial charge >= 0.3 is 6.09 Å². The third-order valence-corrected chi connectivity index (χ3v) is 8.66. The SMILES string of the molecule is Cc1cc(Cl)cc(Cl)c1S(=O)(=O)N1CCC(N2C(=O)OCC2Cc2ccccc2)CC1. The van der Waals surface area contributed by atoms with Gasteiger partial charge in [0.2, 0.25) is 10.0 Å². The van der Waals surface area contributed by atoms with E-state index >= 15 is 0 Å². The van der Waals surface area contributed by atoms with Gasteiger partial charge in [-0.25, -0.2) is 13.2 Å². The summed E-state index contributed by atoms with van der Waals surface area (Å²) < 4.78 is 33.2. The van der Waals surface area contributed by atoms with Crippen LogP contribution in [0.2, 0.25) is 10.0 Å². The number of rotatable bonds is 5. The molecule has 2 aromatic rings. The van der Waals surface area contributed by atoms with Gasteiger partial charge in [0.05, 0.1) is 11.1 Å². The zero-order chi connectivity index (χ0) is 22.2. The average molecular weight is 483 g/mol. The van der Waals surface area contributed by atoms with Gasteiger partial charge < -0.3 is 4.74 Å². The Morgan fingerprint density at radius 2 is 1.77 bits per heavy atom. The maximum absolute atomic E-state index is 13.2. The molecule has 1 amide bonds. The number of piperidine rings is 1. The van der Waals surface area contributed by atoms with Crippen molar-refractivity contribution >= 4 is 39.3 Å². The van der Waals surface area contributed by atoms with Crippen LogP contribution >= 0.6 is 23.2 Å². The van der Waals surface area contributed by atoms with Crippen molar-refractivity contribution in [2.75, 3.05) is 19.7 Å². The van der Waals surface area contributed by atoms with E-state index in [0.717, 1.165) is 5.56 Å². The quantitative estimate of drug-likeness (QED) is 0.628. The Kier molecular flexibility index (Phi) is 6.49. The van der Waals surface area contributed by atoms with Crippen LogP contribution in [0.5, 0.6) is 0 Å². The fraction of sp³-hybridized carbons (Fsp3) is 0.409. The summed E-state index contributed by atoms with van der Waals surface area (Å²) in [6.07, 6.45) is 1.48. The first-order valence-corrected chi connectivity index (χ1v) is 12.4. The number of cyclic esters (lactones) is 1. The molecule has 1 unspecified atom stereocenters. The van der Waals surface area contributed by atoms with Crippen molar-refractivity contribution in [2.45, 2.75) is 43.2 Å². The molecule has 2 aliphatic heterocycles. The molecule has 2 saturated heterocycles. The van der Waals surface area contributed by atoms with E-state index in [1.54, 1.807) is 17.9 Å². The molecule has 0 aromatic heterocycles. The Morgan fingerprint density at radius 1 is 1.10 bits per heavy atom. The molecule has 4 rings (SSSR count). The van der Waals surface area contributed by atoms with Crippen LogP contribution in [0.1, 0.15) is 24.0 Å². The monoisotopic (exact) mass is 482 g/mol. The number of benzene rings is 2. The number of hydrogen-bond acceptors (Lipinski definition) is 4. The summed E-state index contributed by atoms with van der Waals surface area (Å²) in [6.45, 7) is 2.66. The topological polar surface area (TPSA) is 66.9 Å². The summed E-state index contributed by atoms with van der Waals surface area (Å²) in [6, 6.07) is 12.9. The van der Waals surface area contributed by atoms with Crippen molar-refractivity contribution in [3.8, 4) is 0 Å². The highest BCUT2D eigenvalue weighted by atomic mass is 35.5. The molecule has 0 spiro atoms. The van der Waals surface area contributed by atoms with Gasteiger partial charge in [0.25, 0.3) is 0 Å². The van der Waals surface area contributed by atoms with E-state index < -0.39 is 10.0 Å². The molecule has 0 aliphatic carbocycles. The number of ether oxygens (including phenoxy) is 1. The zero-order valence-corrected chi connectivity index (χ0v) is 19.5. The second-order valence-corrected chi connectivity index (χ2v) is 10.7. The van der Waals surface area contributed by atoms with Crippen LogP contribution in [0.25, 0.3) is 0 Å². The minimum atomic E-state index is -3.75. The van der Waals surface area contributed by atoms with Crippen LogP contribution < -0.4 is 0 Å². The van der Waals surface area contributed by atoms with Crippen molar-refractivity contribution in [1.82, 2.24) is 9.21 Å². The van der Waals surface area contributed by atoms with Crippen molar-refractivity contribution in [3.05, 3.63) is 63.6 Å². The summed E-state index contributed by atoms with van der Waals surface area (Å²) in [5, 5.41) is 0.523. The minimum absolute atomic E-state index is 0.0454. The molecular formula is C22H24Cl2N2O4S. The van der Waals surface area contributed by atoms with Crippen LogP contribution in [0, 0.1) is 6.92 Å². The predicted octanol–water partition coefficient (Wildman–Crippen LogP) is 4.52. The van der Waals surface area contributed by atoms with Gasteiger partial charge in [0.15, 0.2) is 0 Å². The van der Waals surface area contributed by atoms with Crippen LogP contribution in [0.15, 0.2) is 47.4 Å². The van der Waals surface area contributed by atoms with E-state index in [4.69, 9.17) is 27.9 Å². The molecule has 2 heterocycles. The van der Waals surface area contributed by atoms with E-state index in [0.29, 0.717) is 49.5 Å². The Bertz CT molecular complexity index is 1050. The van der Waals surface area contributed by atoms with Gasteiger partial charge in [-0.05, 0) is 49.4 Å². The molecule has 2 aliphatic rings. The maximum atomic E-state index is 13.2. The molecule has 31 heavy (non-hydrogen) atoms. The summed E-state index contributed by atoms with van der Waals surface area (Å²) >= 11 is 12.2. The van der Waals surface area contributed by atoms with Gasteiger partial charge in [-0.3, -0.25) is 4.90 Å². The number of aryl methyl sites for hydroxylation is 1. The number of hydrogen-bond donors (Lipinski definition) is 0. The van der Waals surface area contributed by atoms with Gasteiger partial charge in [-0.15, -0.1) is 0 Å². The molecular weight excluding hydrogens is 459 g/mol. The molecule has 166 valence electrons. The molecule has 0 radical (unpaired) electrons. The van der Waals surface area contributed by atoms with E-state index in [2.05, 4.69) is 0 Å². The summed E-state index contributed by atoms with van der Waals surface area (Å²) in [7, 11) is -3.75. The standard InChI is InChI=1S/C22H24Cl2N2O4S/c1-15-11-17(23)13-20(24)21(15)31(28,29)25-9-7-18(8-10-25)26-19(14-30-22(26)27)12-16-5-3-2-4-6-16/h2-6,11,13,18-19H,7-10,12,14H2,1H3. The van der Waals surface area contributed by atoms with E-state index in [9.17, 15) is 13.2 Å². The maximum Gasteiger partial charge on any atom is 0.410 e. The summed E-state index contributed by atoms with van der Waals surface area (Å²) in [4.78, 5) is 14.3. The molecule has 0 N–H and O–H groups in total. The number of amides is 1. The highest BCUT2D eigenvalue weighted by Crippen LogP contribution is 2.33. The Labute approximate surface area is 192 Å². The van der Waals surface area contributed by atoms with Crippen LogP contribution in [-0.4, -0.2) is 55.5 Å². The molecule has 1 atom stereocenters. The summed E-state index contributed by atoms with van der Waals surface area (Å²) in [5.41, 5.74) is 1.66. The summed E-state index contributed by atoms with van der Waals surface area (Å²) in [5.74, 6) is 0. The lowest BCUT2D eigenvalue weighted by atomic mass is 10.00. The lowest BCUT2D eigenvalue weighted by Crippen LogP contribution is -2.50. The van der Waals surface area contributed by atoms with Crippen molar-refractivity contribution < 1.29 is 17.9 Å². The van der Waals surface area contributed by atoms with Crippen LogP contribution in [-0.2, 0) is 21.2 Å². The highest BCUT2D eigenvalue weighted by Gasteiger charge is 2.41. The average Bonchev–Trinajstić information content (AvgIpc) is 3.08. The molecule has 2 aromatic carbocycles. The fourth-order valence-corrected chi connectivity index (χ4v) is 7.08. The van der Waals surface area contributed by atoms with Gasteiger partial charge in [0.1, 0.15) is 11.5 Å². The van der Waals surface area contributed by atoms with Crippen LogP contribution in [0.4, 0.5) is 4.79 Å². The second-order valence-electron chi connectivity index (χ2n) is 8.00. The molecule has 6 nitrogen and oxygen atoms in total. The van der Waals surface area contributed by atoms with Gasteiger partial charge in [-0.2, -0.15) is 4.31 Å². The fourth-order valence-electron chi connectivity index (χ4n) is 4.47. The third-order valence-electron chi connectivity index (χ3n) is 5.93. The number of nitrogens with zero attached hydrogens (tertiary/aromatic N) is 2. The van der Waals surface area contributed by atoms with E-state index in [1.807, 2.05) is 30.3 Å². The normalized spacial score (nSPS) is 20.8. The number of carbonyl (C=O) groups is 1. The minimum Gasteiger partial charge on any atom is -0.447 e. The van der Waals surface area contributed by atoms with Crippen molar-refractivity contribution in [1.29, 1.82) is 0 Å². The number of sulfonamides is 1. The van der Waals surface area contributed by atoms with Crippen molar-refractivity contribution in [2.24, 2.45) is 0 Å². The lowest BCUT2D eigenvalue weighted by molar-refractivity contribution is 0.125. The Hall–Kier alpha value is -1.80. The largest absolute Gasteiger partial charge is 0.447 e. The first-order valence-electron chi connectivity index (χ1n) is 10.2. The predicted molar refractivity (Wildman–Crippen MR) is 120 cm³/mol. The molecule has 0 bridgehead atoms. The first kappa shape index (κ1) is 22.4. The lowest BCUT2D eigenvalue weighted by Gasteiger charge is -2.37. The molecule has 2 fully saturated rings. The van der Waals surface area contributed by atoms with E-state index in [-0.39, 0.29) is 28.1 Å². The van der Waals surface area contributed by atoms with Crippen molar-refractivity contribution in [3.63, 3.8) is 0 Å². The molecule has 0 saturated carbocycles. The highest BCUT2D eigenvalue weighted by molar-refractivity contribution is 7.89.